The first-order valence-corrected chi connectivity index (χ1v) is 5.73. The smallest absolute Gasteiger partial charge is 0.280 e. The molecule has 0 atom stereocenters. The molecule has 5 heteroatoms. The number of amides is 1. The predicted octanol–water partition coefficient (Wildman–Crippen LogP) is 1.64. The first-order valence-electron chi connectivity index (χ1n) is 5.73. The highest BCUT2D eigenvalue weighted by Gasteiger charge is 2.08. The average molecular weight is 244 g/mol. The van der Waals surface area contributed by atoms with Gasteiger partial charge < -0.3 is 16.0 Å². The van der Waals surface area contributed by atoms with Crippen LogP contribution in [0.15, 0.2) is 35.5 Å². The van der Waals surface area contributed by atoms with Crippen LogP contribution in [-0.4, -0.2) is 16.4 Å². The van der Waals surface area contributed by atoms with E-state index in [1.807, 2.05) is 18.3 Å². The van der Waals surface area contributed by atoms with Crippen LogP contribution in [0.5, 0.6) is 0 Å². The van der Waals surface area contributed by atoms with E-state index >= 15 is 0 Å². The molecule has 2 rings (SSSR count). The fourth-order valence-electron chi connectivity index (χ4n) is 1.93. The summed E-state index contributed by atoms with van der Waals surface area (Å²) in [7, 11) is 0. The van der Waals surface area contributed by atoms with Crippen LogP contribution in [0.25, 0.3) is 10.9 Å². The lowest BCUT2D eigenvalue weighted by atomic mass is 10.1. The van der Waals surface area contributed by atoms with Gasteiger partial charge in [-0.1, -0.05) is 0 Å². The van der Waals surface area contributed by atoms with Gasteiger partial charge in [-0.05, 0) is 38.1 Å². The van der Waals surface area contributed by atoms with E-state index in [1.54, 1.807) is 12.1 Å². The minimum atomic E-state index is -0.422. The summed E-state index contributed by atoms with van der Waals surface area (Å²) in [6.07, 6.45) is 2.00. The number of fused-ring (bicyclic) bond motifs is 1. The molecule has 0 radical (unpaired) electrons. The Balaban J connectivity index is 2.46. The number of nitrogens with two attached hydrogens (primary N) is 2. The largest absolute Gasteiger partial charge is 0.370 e. The number of nitrogens with zero attached hydrogens (tertiary/aromatic N) is 2. The molecule has 0 fully saturated rings. The van der Waals surface area contributed by atoms with Crippen molar-refractivity contribution in [1.29, 1.82) is 0 Å². The Labute approximate surface area is 105 Å². The Morgan fingerprint density at radius 2 is 2.00 bits per heavy atom. The third-order valence-corrected chi connectivity index (χ3v) is 2.75. The maximum atomic E-state index is 11.7. The third kappa shape index (κ3) is 2.20. The molecule has 0 bridgehead atoms. The maximum absolute atomic E-state index is 11.7. The van der Waals surface area contributed by atoms with Gasteiger partial charge in [-0.25, -0.2) is 0 Å². The van der Waals surface area contributed by atoms with Crippen LogP contribution in [0.1, 0.15) is 30.2 Å². The Morgan fingerprint density at radius 1 is 1.28 bits per heavy atom. The molecule has 1 aromatic heterocycles. The summed E-state index contributed by atoms with van der Waals surface area (Å²) < 4.78 is 2.14. The fourth-order valence-corrected chi connectivity index (χ4v) is 1.93. The summed E-state index contributed by atoms with van der Waals surface area (Å²) in [5, 5.41) is 1.00. The zero-order chi connectivity index (χ0) is 13.3. The quantitative estimate of drug-likeness (QED) is 0.622. The van der Waals surface area contributed by atoms with Gasteiger partial charge in [-0.3, -0.25) is 4.79 Å². The highest BCUT2D eigenvalue weighted by atomic mass is 16.1. The van der Waals surface area contributed by atoms with Crippen molar-refractivity contribution in [2.45, 2.75) is 19.9 Å². The molecule has 94 valence electrons. The van der Waals surface area contributed by atoms with E-state index in [4.69, 9.17) is 11.5 Å². The van der Waals surface area contributed by atoms with E-state index < -0.39 is 5.91 Å². The molecule has 0 unspecified atom stereocenters. The molecular formula is C13H16N4O. The Kier molecular flexibility index (Phi) is 3.06. The topological polar surface area (TPSA) is 86.4 Å². The van der Waals surface area contributed by atoms with Crippen LogP contribution in [0.3, 0.4) is 0 Å². The molecule has 0 saturated carbocycles. The molecule has 18 heavy (non-hydrogen) atoms. The molecule has 1 heterocycles. The van der Waals surface area contributed by atoms with Gasteiger partial charge in [0.15, 0.2) is 5.96 Å². The fraction of sp³-hybridized carbons (Fsp3) is 0.231. The van der Waals surface area contributed by atoms with Gasteiger partial charge in [0.25, 0.3) is 5.91 Å². The number of carbonyl (C=O) groups excluding carboxylic acids is 1. The van der Waals surface area contributed by atoms with Crippen molar-refractivity contribution in [2.24, 2.45) is 16.5 Å². The molecular weight excluding hydrogens is 228 g/mol. The van der Waals surface area contributed by atoms with Gasteiger partial charge in [0.1, 0.15) is 0 Å². The van der Waals surface area contributed by atoms with Crippen molar-refractivity contribution in [2.75, 3.05) is 0 Å². The number of aromatic nitrogens is 1. The van der Waals surface area contributed by atoms with Crippen molar-refractivity contribution < 1.29 is 4.79 Å². The second-order valence-corrected chi connectivity index (χ2v) is 4.43. The second-order valence-electron chi connectivity index (χ2n) is 4.43. The predicted molar refractivity (Wildman–Crippen MR) is 72.5 cm³/mol. The Morgan fingerprint density at radius 3 is 2.61 bits per heavy atom. The molecule has 1 aromatic carbocycles. The number of carbonyl (C=O) groups is 1. The summed E-state index contributed by atoms with van der Waals surface area (Å²) in [6.45, 7) is 4.22. The van der Waals surface area contributed by atoms with E-state index in [9.17, 15) is 4.79 Å². The summed E-state index contributed by atoms with van der Waals surface area (Å²) in [5.41, 5.74) is 12.0. The second kappa shape index (κ2) is 4.52. The number of guanidine groups is 1. The summed E-state index contributed by atoms with van der Waals surface area (Å²) >= 11 is 0. The third-order valence-electron chi connectivity index (χ3n) is 2.75. The number of benzene rings is 1. The van der Waals surface area contributed by atoms with E-state index in [-0.39, 0.29) is 5.96 Å². The van der Waals surface area contributed by atoms with Crippen molar-refractivity contribution in [3.63, 3.8) is 0 Å². The van der Waals surface area contributed by atoms with Crippen LogP contribution in [0, 0.1) is 0 Å². The van der Waals surface area contributed by atoms with E-state index in [0.29, 0.717) is 11.6 Å². The molecule has 0 aliphatic heterocycles. The average Bonchev–Trinajstić information content (AvgIpc) is 2.70. The van der Waals surface area contributed by atoms with Crippen molar-refractivity contribution >= 4 is 22.8 Å². The molecule has 1 amide bonds. The molecule has 5 nitrogen and oxygen atoms in total. The van der Waals surface area contributed by atoms with Gasteiger partial charge in [-0.2, -0.15) is 4.99 Å². The zero-order valence-electron chi connectivity index (χ0n) is 10.4. The molecule has 4 N–H and O–H groups in total. The standard InChI is InChI=1S/C13H16N4O/c1-8(2)17-6-5-9-7-10(3-4-11(9)17)12(18)16-13(14)15/h3-8H,1-2H3,(H4,14,15,16,18). The Hall–Kier alpha value is -2.30. The number of hydrogen-bond donors (Lipinski definition) is 2. The van der Waals surface area contributed by atoms with E-state index in [2.05, 4.69) is 23.4 Å². The van der Waals surface area contributed by atoms with Crippen LogP contribution in [0.4, 0.5) is 0 Å². The van der Waals surface area contributed by atoms with E-state index in [1.165, 1.54) is 0 Å². The first-order chi connectivity index (χ1) is 8.49. The molecule has 2 aromatic rings. The normalized spacial score (nSPS) is 10.8. The van der Waals surface area contributed by atoms with Gasteiger partial charge in [0.05, 0.1) is 0 Å². The van der Waals surface area contributed by atoms with Gasteiger partial charge in [-0.15, -0.1) is 0 Å². The lowest BCUT2D eigenvalue weighted by Gasteiger charge is -2.09. The lowest BCUT2D eigenvalue weighted by molar-refractivity contribution is 0.100. The number of hydrogen-bond acceptors (Lipinski definition) is 1. The summed E-state index contributed by atoms with van der Waals surface area (Å²) in [5.74, 6) is -0.644. The number of aliphatic imine (C=N–C) groups is 1. The molecule has 0 aliphatic rings. The highest BCUT2D eigenvalue weighted by Crippen LogP contribution is 2.21. The Bertz CT molecular complexity index is 621. The van der Waals surface area contributed by atoms with E-state index in [0.717, 1.165) is 10.9 Å². The minimum Gasteiger partial charge on any atom is -0.370 e. The summed E-state index contributed by atoms with van der Waals surface area (Å²) in [4.78, 5) is 15.2. The monoisotopic (exact) mass is 244 g/mol. The van der Waals surface area contributed by atoms with Crippen LogP contribution < -0.4 is 11.5 Å². The summed E-state index contributed by atoms with van der Waals surface area (Å²) in [6, 6.07) is 7.78. The molecule has 0 aliphatic carbocycles. The zero-order valence-corrected chi connectivity index (χ0v) is 10.4. The highest BCUT2D eigenvalue weighted by molar-refractivity contribution is 6.03. The van der Waals surface area contributed by atoms with Gasteiger partial charge >= 0.3 is 0 Å². The first kappa shape index (κ1) is 12.2. The number of rotatable bonds is 2. The van der Waals surface area contributed by atoms with Crippen molar-refractivity contribution in [3.05, 3.63) is 36.0 Å². The minimum absolute atomic E-state index is 0.222. The lowest BCUT2D eigenvalue weighted by Crippen LogP contribution is -2.24. The van der Waals surface area contributed by atoms with Gasteiger partial charge in [0.2, 0.25) is 0 Å². The SMILES string of the molecule is CC(C)n1ccc2cc(C(=O)N=C(N)N)ccc21. The molecule has 0 spiro atoms. The van der Waals surface area contributed by atoms with Crippen molar-refractivity contribution in [1.82, 2.24) is 4.57 Å². The molecule has 0 saturated heterocycles. The van der Waals surface area contributed by atoms with Crippen LogP contribution in [-0.2, 0) is 0 Å². The van der Waals surface area contributed by atoms with Crippen LogP contribution >= 0.6 is 0 Å². The van der Waals surface area contributed by atoms with Crippen LogP contribution in [0.2, 0.25) is 0 Å². The maximum Gasteiger partial charge on any atom is 0.280 e. The van der Waals surface area contributed by atoms with Gasteiger partial charge in [0, 0.05) is 28.7 Å². The van der Waals surface area contributed by atoms with Crippen molar-refractivity contribution in [3.8, 4) is 0 Å².